The van der Waals surface area contributed by atoms with E-state index >= 15 is 0 Å². The van der Waals surface area contributed by atoms with Crippen molar-refractivity contribution < 1.29 is 22.0 Å². The van der Waals surface area contributed by atoms with E-state index in [-0.39, 0.29) is 10.8 Å². The summed E-state index contributed by atoms with van der Waals surface area (Å²) in [6, 6.07) is 15.5. The van der Waals surface area contributed by atoms with Gasteiger partial charge in [0.05, 0.1) is 5.69 Å². The second-order valence-corrected chi connectivity index (χ2v) is 12.1. The fraction of sp³-hybridized carbons (Fsp3) is 0.355. The van der Waals surface area contributed by atoms with Gasteiger partial charge in [-0.1, -0.05) is 31.4 Å². The molecule has 3 aromatic carbocycles. The minimum Gasteiger partial charge on any atom is -0.368 e. The molecule has 1 heterocycles. The molecule has 1 N–H and O–H groups in total. The molecule has 216 valence electrons. The summed E-state index contributed by atoms with van der Waals surface area (Å²) < 4.78 is 56.5. The van der Waals surface area contributed by atoms with Crippen molar-refractivity contribution >= 4 is 39.2 Å². The molecular formula is C31H34F2N4O3S. The second-order valence-electron chi connectivity index (χ2n) is 10.5. The van der Waals surface area contributed by atoms with Gasteiger partial charge in [-0.2, -0.15) is 0 Å². The van der Waals surface area contributed by atoms with Crippen molar-refractivity contribution in [3.05, 3.63) is 83.4 Å². The van der Waals surface area contributed by atoms with Gasteiger partial charge < -0.3 is 9.80 Å². The molecule has 0 atom stereocenters. The van der Waals surface area contributed by atoms with E-state index in [1.54, 1.807) is 54.4 Å². The number of carbonyl (C=O) groups excluding carboxylic acids is 1. The van der Waals surface area contributed by atoms with E-state index in [0.29, 0.717) is 54.7 Å². The molecule has 2 fully saturated rings. The minimum atomic E-state index is -3.93. The maximum absolute atomic E-state index is 13.6. The third-order valence-corrected chi connectivity index (χ3v) is 9.26. The van der Waals surface area contributed by atoms with Crippen LogP contribution in [0, 0.1) is 11.6 Å². The van der Waals surface area contributed by atoms with E-state index in [0.717, 1.165) is 43.4 Å². The summed E-state index contributed by atoms with van der Waals surface area (Å²) in [7, 11) is -3.93. The zero-order valence-electron chi connectivity index (χ0n) is 23.0. The number of benzene rings is 3. The van der Waals surface area contributed by atoms with Gasteiger partial charge in [0.15, 0.2) is 11.6 Å². The second kappa shape index (κ2) is 12.4. The molecule has 3 aromatic rings. The van der Waals surface area contributed by atoms with Gasteiger partial charge in [-0.05, 0) is 73.7 Å². The van der Waals surface area contributed by atoms with Gasteiger partial charge in [-0.25, -0.2) is 17.2 Å². The number of anilines is 2. The molecule has 0 spiro atoms. The molecule has 0 unspecified atom stereocenters. The van der Waals surface area contributed by atoms with Crippen LogP contribution in [-0.2, 0) is 10.0 Å². The molecule has 10 heteroatoms. The summed E-state index contributed by atoms with van der Waals surface area (Å²) >= 11 is 0. The predicted molar refractivity (Wildman–Crippen MR) is 158 cm³/mol. The molecule has 1 aliphatic carbocycles. The van der Waals surface area contributed by atoms with E-state index in [4.69, 9.17) is 0 Å². The molecule has 1 amide bonds. The zero-order valence-corrected chi connectivity index (χ0v) is 23.8. The number of hydrogen-bond acceptors (Lipinski definition) is 5. The summed E-state index contributed by atoms with van der Waals surface area (Å²) in [6.07, 6.45) is 7.14. The molecule has 0 bridgehead atoms. The number of para-hydroxylation sites is 1. The number of nitrogens with one attached hydrogen (secondary N) is 1. The standard InChI is InChI=1S/C31H34F2N4O3S/c1-2-34-30-26(22-7-4-3-5-8-22)9-6-10-29(30)41(39,40)35-24-13-11-23(12-14-24)31(38)37-19-17-36(18-20-37)25-15-16-27(32)28(33)21-25/h2,6,9-16,21-22,35H,3-5,7-8,17-20H2,1H3. The number of sulfonamides is 1. The van der Waals surface area contributed by atoms with Crippen molar-refractivity contribution in [2.24, 2.45) is 4.99 Å². The van der Waals surface area contributed by atoms with Crippen LogP contribution >= 0.6 is 0 Å². The summed E-state index contributed by atoms with van der Waals surface area (Å²) in [5.41, 5.74) is 2.81. The van der Waals surface area contributed by atoms with E-state index in [1.807, 2.05) is 11.0 Å². The van der Waals surface area contributed by atoms with Gasteiger partial charge in [0.2, 0.25) is 0 Å². The van der Waals surface area contributed by atoms with E-state index in [2.05, 4.69) is 9.71 Å². The number of carbonyl (C=O) groups is 1. The monoisotopic (exact) mass is 580 g/mol. The highest BCUT2D eigenvalue weighted by Gasteiger charge is 2.26. The maximum Gasteiger partial charge on any atom is 0.264 e. The largest absolute Gasteiger partial charge is 0.368 e. The van der Waals surface area contributed by atoms with E-state index in [9.17, 15) is 22.0 Å². The Labute approximate surface area is 239 Å². The van der Waals surface area contributed by atoms with E-state index in [1.165, 1.54) is 12.5 Å². The summed E-state index contributed by atoms with van der Waals surface area (Å²) in [5, 5.41) is 0. The molecule has 1 saturated heterocycles. The highest BCUT2D eigenvalue weighted by molar-refractivity contribution is 7.92. The van der Waals surface area contributed by atoms with Gasteiger partial charge >= 0.3 is 0 Å². The topological polar surface area (TPSA) is 82.1 Å². The molecule has 41 heavy (non-hydrogen) atoms. The molecule has 0 aromatic heterocycles. The number of hydrogen-bond donors (Lipinski definition) is 1. The number of nitrogens with zero attached hydrogens (tertiary/aromatic N) is 3. The lowest BCUT2D eigenvalue weighted by Crippen LogP contribution is -2.48. The Kier molecular flexibility index (Phi) is 8.68. The first-order chi connectivity index (χ1) is 19.8. The highest BCUT2D eigenvalue weighted by atomic mass is 32.2. The lowest BCUT2D eigenvalue weighted by molar-refractivity contribution is 0.0746. The van der Waals surface area contributed by atoms with Crippen molar-refractivity contribution in [2.45, 2.75) is 49.8 Å². The van der Waals surface area contributed by atoms with E-state index < -0.39 is 21.7 Å². The van der Waals surface area contributed by atoms with Crippen LogP contribution in [0.2, 0.25) is 0 Å². The highest BCUT2D eigenvalue weighted by Crippen LogP contribution is 2.40. The molecule has 0 radical (unpaired) electrons. The first-order valence-electron chi connectivity index (χ1n) is 14.0. The first kappa shape index (κ1) is 28.7. The number of aliphatic imine (C=N–C) groups is 1. The Morgan fingerprint density at radius 2 is 1.63 bits per heavy atom. The predicted octanol–water partition coefficient (Wildman–Crippen LogP) is 6.50. The Bertz CT molecular complexity index is 1530. The average Bonchev–Trinajstić information content (AvgIpc) is 2.99. The molecule has 2 aliphatic rings. The zero-order chi connectivity index (χ0) is 29.0. The van der Waals surface area contributed by atoms with Gasteiger partial charge in [-0.3, -0.25) is 14.5 Å². The van der Waals surface area contributed by atoms with Crippen LogP contribution in [0.5, 0.6) is 0 Å². The Hall–Kier alpha value is -3.79. The van der Waals surface area contributed by atoms with Crippen molar-refractivity contribution in [1.82, 2.24) is 4.90 Å². The number of amides is 1. The van der Waals surface area contributed by atoms with Gasteiger partial charge in [-0.15, -0.1) is 0 Å². The molecular weight excluding hydrogens is 546 g/mol. The van der Waals surface area contributed by atoms with Crippen molar-refractivity contribution in [2.75, 3.05) is 35.8 Å². The van der Waals surface area contributed by atoms with Crippen LogP contribution in [0.1, 0.15) is 60.9 Å². The van der Waals surface area contributed by atoms with Gasteiger partial charge in [0.1, 0.15) is 4.90 Å². The number of halogens is 2. The van der Waals surface area contributed by atoms with Gasteiger partial charge in [0, 0.05) is 55.4 Å². The van der Waals surface area contributed by atoms with Crippen molar-refractivity contribution in [3.63, 3.8) is 0 Å². The van der Waals surface area contributed by atoms with Crippen LogP contribution in [0.25, 0.3) is 0 Å². The lowest BCUT2D eigenvalue weighted by atomic mass is 9.83. The van der Waals surface area contributed by atoms with Crippen LogP contribution in [-0.4, -0.2) is 51.6 Å². The Morgan fingerprint density at radius 1 is 0.927 bits per heavy atom. The smallest absolute Gasteiger partial charge is 0.264 e. The van der Waals surface area contributed by atoms with Crippen LogP contribution in [0.4, 0.5) is 25.8 Å². The first-order valence-corrected chi connectivity index (χ1v) is 15.5. The lowest BCUT2D eigenvalue weighted by Gasteiger charge is -2.36. The average molecular weight is 581 g/mol. The summed E-state index contributed by atoms with van der Waals surface area (Å²) in [6.45, 7) is 3.59. The third-order valence-electron chi connectivity index (χ3n) is 7.84. The van der Waals surface area contributed by atoms with Crippen molar-refractivity contribution in [1.29, 1.82) is 0 Å². The number of piperazine rings is 1. The minimum absolute atomic E-state index is 0.137. The van der Waals surface area contributed by atoms with Gasteiger partial charge in [0.25, 0.3) is 15.9 Å². The van der Waals surface area contributed by atoms with Crippen LogP contribution in [0.15, 0.2) is 70.6 Å². The summed E-state index contributed by atoms with van der Waals surface area (Å²) in [5.74, 6) is -1.68. The summed E-state index contributed by atoms with van der Waals surface area (Å²) in [4.78, 5) is 21.3. The van der Waals surface area contributed by atoms with Crippen LogP contribution in [0.3, 0.4) is 0 Å². The molecule has 5 rings (SSSR count). The molecule has 7 nitrogen and oxygen atoms in total. The maximum atomic E-state index is 13.6. The SMILES string of the molecule is CC=Nc1c(C2CCCCC2)cccc1S(=O)(=O)Nc1ccc(C(=O)N2CCN(c3ccc(F)c(F)c3)CC2)cc1. The van der Waals surface area contributed by atoms with Crippen molar-refractivity contribution in [3.8, 4) is 0 Å². The fourth-order valence-electron chi connectivity index (χ4n) is 5.69. The Balaban J connectivity index is 1.26. The fourth-order valence-corrected chi connectivity index (χ4v) is 6.93. The quantitative estimate of drug-likeness (QED) is 0.324. The number of rotatable bonds is 7. The third kappa shape index (κ3) is 6.43. The molecule has 1 saturated carbocycles. The normalized spacial score (nSPS) is 16.8. The van der Waals surface area contributed by atoms with Crippen LogP contribution < -0.4 is 9.62 Å². The Morgan fingerprint density at radius 3 is 2.29 bits per heavy atom. The molecule has 1 aliphatic heterocycles.